The van der Waals surface area contributed by atoms with E-state index in [0.717, 1.165) is 43.9 Å². The summed E-state index contributed by atoms with van der Waals surface area (Å²) < 4.78 is 1.88. The predicted octanol–water partition coefficient (Wildman–Crippen LogP) is 2.95. The van der Waals surface area contributed by atoms with Crippen molar-refractivity contribution >= 4 is 0 Å². The van der Waals surface area contributed by atoms with Crippen LogP contribution in [0.15, 0.2) is 47.5 Å². The van der Waals surface area contributed by atoms with Crippen LogP contribution in [0.3, 0.4) is 0 Å². The number of hydrogen-bond acceptors (Lipinski definition) is 4. The molecule has 3 aromatic rings. The first-order valence-corrected chi connectivity index (χ1v) is 9.48. The maximum atomic E-state index is 11.8. The van der Waals surface area contributed by atoms with E-state index in [4.69, 9.17) is 0 Å². The van der Waals surface area contributed by atoms with E-state index < -0.39 is 0 Å². The van der Waals surface area contributed by atoms with Gasteiger partial charge in [-0.3, -0.25) is 9.69 Å². The van der Waals surface area contributed by atoms with Gasteiger partial charge in [0.15, 0.2) is 0 Å². The van der Waals surface area contributed by atoms with Crippen LogP contribution in [0.1, 0.15) is 41.4 Å². The highest BCUT2D eigenvalue weighted by Gasteiger charge is 2.23. The fourth-order valence-electron chi connectivity index (χ4n) is 3.91. The summed E-state index contributed by atoms with van der Waals surface area (Å²) in [5, 5.41) is 4.30. The molecule has 0 bridgehead atoms. The van der Waals surface area contributed by atoms with E-state index in [0.29, 0.717) is 11.7 Å². The van der Waals surface area contributed by atoms with Crippen LogP contribution in [0, 0.1) is 13.8 Å². The minimum atomic E-state index is -0.0559. The maximum Gasteiger partial charge on any atom is 0.251 e. The number of H-pyrrole nitrogens is 1. The first-order chi connectivity index (χ1) is 13.1. The number of nitrogens with zero attached hydrogens (tertiary/aromatic N) is 4. The number of likely N-dealkylation sites (tertiary alicyclic amines) is 1. The quantitative estimate of drug-likeness (QED) is 0.774. The van der Waals surface area contributed by atoms with Gasteiger partial charge in [-0.2, -0.15) is 5.10 Å². The second-order valence-electron chi connectivity index (χ2n) is 7.39. The summed E-state index contributed by atoms with van der Waals surface area (Å²) in [6.07, 6.45) is 5.97. The van der Waals surface area contributed by atoms with Gasteiger partial charge in [-0.05, 0) is 62.6 Å². The number of rotatable bonds is 4. The second kappa shape index (κ2) is 7.48. The van der Waals surface area contributed by atoms with Crippen molar-refractivity contribution in [1.82, 2.24) is 24.6 Å². The van der Waals surface area contributed by atoms with Crippen LogP contribution < -0.4 is 5.56 Å². The van der Waals surface area contributed by atoms with Crippen LogP contribution in [-0.2, 0) is 6.54 Å². The maximum absolute atomic E-state index is 11.8. The standard InChI is InChI=1S/C21H25N5O/c1-15-11-19(26-10-4-8-22-26)7-6-17(15)13-25-9-3-5-18(14-25)20-12-21(27)24-16(2)23-20/h4,6-8,10-12,18H,3,5,9,13-14H2,1-2H3,(H,23,24,27)/t18-/m1/s1. The van der Waals surface area contributed by atoms with Gasteiger partial charge in [0, 0.05) is 37.5 Å². The van der Waals surface area contributed by atoms with Crippen LogP contribution in [-0.4, -0.2) is 37.7 Å². The van der Waals surface area contributed by atoms with E-state index in [1.807, 2.05) is 23.9 Å². The molecule has 27 heavy (non-hydrogen) atoms. The molecule has 0 unspecified atom stereocenters. The minimum Gasteiger partial charge on any atom is -0.311 e. The summed E-state index contributed by atoms with van der Waals surface area (Å²) in [6, 6.07) is 10.1. The van der Waals surface area contributed by atoms with Crippen LogP contribution in [0.25, 0.3) is 5.69 Å². The Hall–Kier alpha value is -2.73. The fraction of sp³-hybridized carbons (Fsp3) is 0.381. The molecule has 4 rings (SSSR count). The molecule has 0 saturated carbocycles. The van der Waals surface area contributed by atoms with Gasteiger partial charge in [0.2, 0.25) is 0 Å². The second-order valence-corrected chi connectivity index (χ2v) is 7.39. The average Bonchev–Trinajstić information content (AvgIpc) is 3.18. The zero-order valence-electron chi connectivity index (χ0n) is 15.9. The predicted molar refractivity (Wildman–Crippen MR) is 105 cm³/mol. The van der Waals surface area contributed by atoms with E-state index in [1.54, 1.807) is 12.3 Å². The van der Waals surface area contributed by atoms with Gasteiger partial charge < -0.3 is 4.98 Å². The molecule has 2 aromatic heterocycles. The number of hydrogen-bond donors (Lipinski definition) is 1. The molecule has 3 heterocycles. The number of nitrogens with one attached hydrogen (secondary N) is 1. The van der Waals surface area contributed by atoms with Gasteiger partial charge in [0.25, 0.3) is 5.56 Å². The van der Waals surface area contributed by atoms with E-state index in [2.05, 4.69) is 45.1 Å². The van der Waals surface area contributed by atoms with Crippen LogP contribution in [0.5, 0.6) is 0 Å². The van der Waals surface area contributed by atoms with E-state index in [9.17, 15) is 4.79 Å². The Kier molecular flexibility index (Phi) is 4.90. The van der Waals surface area contributed by atoms with Crippen molar-refractivity contribution in [3.05, 3.63) is 75.7 Å². The molecule has 1 aliphatic rings. The lowest BCUT2D eigenvalue weighted by Gasteiger charge is -2.32. The number of aromatic amines is 1. The van der Waals surface area contributed by atoms with Crippen molar-refractivity contribution in [1.29, 1.82) is 0 Å². The van der Waals surface area contributed by atoms with E-state index in [-0.39, 0.29) is 5.56 Å². The summed E-state index contributed by atoms with van der Waals surface area (Å²) in [6.45, 7) is 6.95. The molecule has 1 aromatic carbocycles. The van der Waals surface area contributed by atoms with Crippen molar-refractivity contribution in [3.63, 3.8) is 0 Å². The molecule has 1 fully saturated rings. The molecule has 1 N–H and O–H groups in total. The molecule has 1 aliphatic heterocycles. The number of aryl methyl sites for hydroxylation is 2. The van der Waals surface area contributed by atoms with Crippen molar-refractivity contribution in [2.75, 3.05) is 13.1 Å². The highest BCUT2D eigenvalue weighted by atomic mass is 16.1. The Morgan fingerprint density at radius 3 is 2.89 bits per heavy atom. The van der Waals surface area contributed by atoms with Gasteiger partial charge in [-0.25, -0.2) is 9.67 Å². The third-order valence-electron chi connectivity index (χ3n) is 5.29. The number of aromatic nitrogens is 4. The van der Waals surface area contributed by atoms with Gasteiger partial charge in [-0.15, -0.1) is 0 Å². The highest BCUT2D eigenvalue weighted by molar-refractivity contribution is 5.39. The third-order valence-corrected chi connectivity index (χ3v) is 5.29. The van der Waals surface area contributed by atoms with Gasteiger partial charge >= 0.3 is 0 Å². The Balaban J connectivity index is 1.48. The summed E-state index contributed by atoms with van der Waals surface area (Å²) >= 11 is 0. The zero-order valence-corrected chi connectivity index (χ0v) is 15.9. The topological polar surface area (TPSA) is 66.8 Å². The zero-order chi connectivity index (χ0) is 18.8. The summed E-state index contributed by atoms with van der Waals surface area (Å²) in [5.41, 5.74) is 4.56. The molecule has 0 radical (unpaired) electrons. The molecule has 1 saturated heterocycles. The van der Waals surface area contributed by atoms with Crippen molar-refractivity contribution < 1.29 is 0 Å². The first kappa shape index (κ1) is 17.7. The Labute approximate surface area is 158 Å². The average molecular weight is 363 g/mol. The van der Waals surface area contributed by atoms with Crippen molar-refractivity contribution in [3.8, 4) is 5.69 Å². The van der Waals surface area contributed by atoms with Crippen molar-refractivity contribution in [2.24, 2.45) is 0 Å². The van der Waals surface area contributed by atoms with Gasteiger partial charge in [0.05, 0.1) is 11.4 Å². The lowest BCUT2D eigenvalue weighted by atomic mass is 9.94. The van der Waals surface area contributed by atoms with Gasteiger partial charge in [0.1, 0.15) is 5.82 Å². The summed E-state index contributed by atoms with van der Waals surface area (Å²) in [4.78, 5) is 21.6. The molecular formula is C21H25N5O. The lowest BCUT2D eigenvalue weighted by molar-refractivity contribution is 0.198. The Bertz CT molecular complexity index is 976. The molecule has 1 atom stereocenters. The van der Waals surface area contributed by atoms with Crippen LogP contribution >= 0.6 is 0 Å². The molecule has 0 amide bonds. The SMILES string of the molecule is Cc1nc([C@@H]2CCCN(Cc3ccc(-n4cccn4)cc3C)C2)cc(=O)[nH]1. The normalized spacial score (nSPS) is 17.9. The fourth-order valence-corrected chi connectivity index (χ4v) is 3.91. The van der Waals surface area contributed by atoms with Gasteiger partial charge in [-0.1, -0.05) is 6.07 Å². The Morgan fingerprint density at radius 1 is 1.26 bits per heavy atom. The van der Waals surface area contributed by atoms with Crippen molar-refractivity contribution in [2.45, 2.75) is 39.2 Å². The van der Waals surface area contributed by atoms with Crippen LogP contribution in [0.4, 0.5) is 0 Å². The highest BCUT2D eigenvalue weighted by Crippen LogP contribution is 2.26. The van der Waals surface area contributed by atoms with E-state index in [1.165, 1.54) is 11.1 Å². The molecule has 6 heteroatoms. The van der Waals surface area contributed by atoms with Crippen LogP contribution in [0.2, 0.25) is 0 Å². The number of piperidine rings is 1. The Morgan fingerprint density at radius 2 is 2.15 bits per heavy atom. The lowest BCUT2D eigenvalue weighted by Crippen LogP contribution is -2.35. The van der Waals surface area contributed by atoms with E-state index >= 15 is 0 Å². The molecule has 140 valence electrons. The third kappa shape index (κ3) is 4.01. The molecular weight excluding hydrogens is 338 g/mol. The summed E-state index contributed by atoms with van der Waals surface area (Å²) in [5.74, 6) is 1.02. The number of benzene rings is 1. The minimum absolute atomic E-state index is 0.0559. The molecule has 0 aliphatic carbocycles. The summed E-state index contributed by atoms with van der Waals surface area (Å²) in [7, 11) is 0. The monoisotopic (exact) mass is 363 g/mol. The molecule has 0 spiro atoms. The molecule has 6 nitrogen and oxygen atoms in total. The smallest absolute Gasteiger partial charge is 0.251 e. The first-order valence-electron chi connectivity index (χ1n) is 9.48. The largest absolute Gasteiger partial charge is 0.311 e.